The van der Waals surface area contributed by atoms with Crippen molar-refractivity contribution >= 4 is 197 Å². The van der Waals surface area contributed by atoms with Crippen LogP contribution in [0.2, 0.25) is 0 Å². The Balaban J connectivity index is 0. The predicted octanol–water partition coefficient (Wildman–Crippen LogP) is 9.50. The van der Waals surface area contributed by atoms with E-state index in [-0.39, 0.29) is 55.6 Å². The summed E-state index contributed by atoms with van der Waals surface area (Å²) in [5, 5.41) is 17.4. The van der Waals surface area contributed by atoms with Crippen LogP contribution < -0.4 is 61.6 Å². The smallest absolute Gasteiger partial charge is 0.322 e. The molecule has 3 radical (unpaired) electrons. The van der Waals surface area contributed by atoms with E-state index in [1.807, 2.05) is 96.1 Å². The Bertz CT molecular complexity index is 3080. The first-order valence-electron chi connectivity index (χ1n) is 31.9. The van der Waals surface area contributed by atoms with Gasteiger partial charge >= 0.3 is 23.9 Å². The summed E-state index contributed by atoms with van der Waals surface area (Å²) in [6.45, 7) is 19.0. The third-order valence-corrected chi connectivity index (χ3v) is 15.4. The lowest BCUT2D eigenvalue weighted by Crippen LogP contribution is -2.44. The Kier molecular flexibility index (Phi) is 54.4. The number of aliphatic carboxylic acids is 1. The van der Waals surface area contributed by atoms with Crippen molar-refractivity contribution in [1.29, 1.82) is 0 Å². The highest BCUT2D eigenvalue weighted by atomic mass is 127. The van der Waals surface area contributed by atoms with Crippen molar-refractivity contribution in [3.8, 4) is 23.0 Å². The Morgan fingerprint density at radius 1 is 0.529 bits per heavy atom. The number of benzene rings is 4. The molecule has 0 saturated heterocycles. The molecule has 567 valence electrons. The van der Waals surface area contributed by atoms with E-state index in [1.54, 1.807) is 67.4 Å². The van der Waals surface area contributed by atoms with Crippen LogP contribution in [0.15, 0.2) is 72.8 Å². The number of nitrogens with one attached hydrogen (secondary N) is 3. The molecule has 4 atom stereocenters. The van der Waals surface area contributed by atoms with Crippen molar-refractivity contribution in [2.45, 2.75) is 142 Å². The van der Waals surface area contributed by atoms with Crippen LogP contribution in [0.1, 0.15) is 98.3 Å². The number of carboxylic acids is 1. The molecule has 0 aliphatic carbocycles. The molecule has 0 bridgehead atoms. The van der Waals surface area contributed by atoms with Crippen molar-refractivity contribution in [2.24, 2.45) is 5.73 Å². The molecule has 0 amide bonds. The lowest BCUT2D eigenvalue weighted by Gasteiger charge is -2.26. The van der Waals surface area contributed by atoms with E-state index in [0.717, 1.165) is 47.5 Å². The molecule has 0 heterocycles. The fraction of sp³-hybridized carbons (Fsp3) is 0.529. The molecule has 24 nitrogen and oxygen atoms in total. The van der Waals surface area contributed by atoms with E-state index in [1.165, 1.54) is 22.2 Å². The van der Waals surface area contributed by atoms with Crippen LogP contribution >= 0.6 is 103 Å². The minimum Gasteiger partial charge on any atom is -0.496 e. The van der Waals surface area contributed by atoms with Crippen LogP contribution in [-0.4, -0.2) is 205 Å². The number of halogens is 7. The maximum Gasteiger partial charge on any atom is 0.322 e. The number of carbonyl (C=O) groups is 8. The van der Waals surface area contributed by atoms with Gasteiger partial charge < -0.3 is 100 Å². The molecule has 34 heteroatoms. The first kappa shape index (κ1) is 98.8. The molecule has 4 aromatic carbocycles. The molecule has 102 heavy (non-hydrogen) atoms. The number of methoxy groups -OCH3 is 4. The molecule has 0 saturated carbocycles. The summed E-state index contributed by atoms with van der Waals surface area (Å²) in [5.41, 5.74) is 21.4. The number of carboxylic acid groups (broad SMARTS) is 1. The van der Waals surface area contributed by atoms with E-state index in [4.69, 9.17) is 118 Å². The van der Waals surface area contributed by atoms with Crippen molar-refractivity contribution in [2.75, 3.05) is 110 Å². The molecule has 4 aromatic rings. The molecular formula is C68H101B3Cl5I2N8O16. The average molecular weight is 1750 g/mol. The minimum absolute atomic E-state index is 0.0503. The third kappa shape index (κ3) is 47.3. The van der Waals surface area contributed by atoms with Crippen molar-refractivity contribution in [3.05, 3.63) is 93.1 Å². The molecular weight excluding hydrogens is 1650 g/mol. The van der Waals surface area contributed by atoms with Crippen LogP contribution in [0.4, 0.5) is 22.7 Å². The van der Waals surface area contributed by atoms with Gasteiger partial charge in [-0.25, -0.2) is 0 Å². The lowest BCUT2D eigenvalue weighted by molar-refractivity contribution is -0.157. The van der Waals surface area contributed by atoms with Gasteiger partial charge in [0.05, 0.1) is 75.7 Å². The first-order chi connectivity index (χ1) is 48.0. The highest BCUT2D eigenvalue weighted by Gasteiger charge is 2.28. The van der Waals surface area contributed by atoms with Gasteiger partial charge in [0.2, 0.25) is 0 Å². The highest BCUT2D eigenvalue weighted by molar-refractivity contribution is 14.1. The van der Waals surface area contributed by atoms with E-state index < -0.39 is 40.8 Å². The molecule has 0 spiro atoms. The Morgan fingerprint density at radius 2 is 0.892 bits per heavy atom. The number of hydrogen-bond acceptors (Lipinski definition) is 23. The summed E-state index contributed by atoms with van der Waals surface area (Å²) in [4.78, 5) is 91.4. The third-order valence-electron chi connectivity index (χ3n) is 12.7. The summed E-state index contributed by atoms with van der Waals surface area (Å²) >= 11 is 32.6. The maximum absolute atomic E-state index is 12.6. The number of nitrogen functional groups attached to an aromatic ring is 2. The largest absolute Gasteiger partial charge is 0.496 e. The predicted molar refractivity (Wildman–Crippen MR) is 433 cm³/mol. The maximum atomic E-state index is 12.6. The Labute approximate surface area is 657 Å². The molecule has 0 fully saturated rings. The number of carbonyl (C=O) groups excluding carboxylic acids is 7. The number of hydrogen-bond donors (Lipinski definition) is 7. The SMILES string of the molecule is CC(C)(C)OC(=O)C[C@H](CI)N[B]C=O.COc1ccc(N(CCCl)CCCl)cc1C[C@H](N)CC(=O)O.COc1ccc(N(CCCl)CCCl)cc1C[C@H](N[B]C=O)C(=O)OC(C)(C)C.COc1ccc(N)cc1C[C@@H](CC(=O)OC(C)(C)C)N[B]C=O.COc1ccc(N)cc1I.O=CCCl. The van der Waals surface area contributed by atoms with Gasteiger partial charge in [-0.3, -0.25) is 19.2 Å². The van der Waals surface area contributed by atoms with E-state index >= 15 is 0 Å². The molecule has 10 N–H and O–H groups in total. The monoisotopic (exact) mass is 1750 g/mol. The fourth-order valence-electron chi connectivity index (χ4n) is 8.70. The number of alkyl halides is 6. The van der Waals surface area contributed by atoms with Gasteiger partial charge in [0.25, 0.3) is 22.2 Å². The summed E-state index contributed by atoms with van der Waals surface area (Å²) in [5.74, 6) is 2.98. The minimum atomic E-state index is -0.909. The van der Waals surface area contributed by atoms with Crippen LogP contribution in [0, 0.1) is 3.57 Å². The zero-order valence-electron chi connectivity index (χ0n) is 60.4. The Morgan fingerprint density at radius 3 is 1.25 bits per heavy atom. The first-order valence-corrected chi connectivity index (χ1v) is 37.2. The zero-order chi connectivity index (χ0) is 78.0. The normalized spacial score (nSPS) is 11.8. The summed E-state index contributed by atoms with van der Waals surface area (Å²) < 4.78 is 38.9. The van der Waals surface area contributed by atoms with Crippen LogP contribution in [-0.2, 0) is 71.8 Å². The van der Waals surface area contributed by atoms with Crippen molar-refractivity contribution in [1.82, 2.24) is 15.7 Å². The average Bonchev–Trinajstić information content (AvgIpc) is 0.833. The van der Waals surface area contributed by atoms with Crippen molar-refractivity contribution in [3.63, 3.8) is 0 Å². The van der Waals surface area contributed by atoms with E-state index in [0.29, 0.717) is 110 Å². The number of aldehydes is 1. The van der Waals surface area contributed by atoms with E-state index in [2.05, 4.69) is 70.7 Å². The zero-order valence-corrected chi connectivity index (χ0v) is 68.5. The number of esters is 3. The standard InChI is InChI=1S/C19H28BCl2N2O4.C16H24BN2O4.C15H22Cl2N2O3.C9H16BINO3.C7H8INO.C2H3ClO/c1-19(2,3)28-18(26)16(23-20-13-25)12-14-11-15(5-6-17(14)27-4)24(9-7-21)10-8-22;1-16(2,3)23-15(21)9-13(19-17-10-20)8-11-7-12(18)5-6-14(11)22-4;1-22-14-3-2-13(19(6-4-16)7-5-17)9-11(14)8-12(18)10-15(20)21;1-9(2,3)15-8(14)4-7(5-11)12-10-6-13;1-10-7-3-2-5(9)4-6(7)8;3-1-2-4/h5-6,11,13,16,23H,7-10,12H2,1-4H3;5-7,10,13,19H,8-9,18H2,1-4H3;2-3,9,12H,4-8,10,18H2,1H3,(H,20,21);6-7,12H,4-5H2,1-3H3;2-4H,9H2,1H3;2H,1H2/t16-;13-;12-;7-;;/m0001../s1. The molecule has 4 rings (SSSR count). The second-order valence-electron chi connectivity index (χ2n) is 24.6. The summed E-state index contributed by atoms with van der Waals surface area (Å²) in [6, 6.07) is 20.8. The second-order valence-corrected chi connectivity index (χ2v) is 28.5. The van der Waals surface area contributed by atoms with Crippen LogP contribution in [0.25, 0.3) is 0 Å². The molecule has 0 aliphatic heterocycles. The van der Waals surface area contributed by atoms with E-state index in [9.17, 15) is 33.6 Å². The van der Waals surface area contributed by atoms with Gasteiger partial charge in [0, 0.05) is 101 Å². The topological polar surface area (TPSA) is 342 Å². The van der Waals surface area contributed by atoms with Gasteiger partial charge in [-0.1, -0.05) is 22.6 Å². The van der Waals surface area contributed by atoms with Gasteiger partial charge in [0.15, 0.2) is 0 Å². The summed E-state index contributed by atoms with van der Waals surface area (Å²) in [7, 11) is 10.1. The number of nitrogens with zero attached hydrogens (tertiary/aromatic N) is 2. The van der Waals surface area contributed by atoms with Gasteiger partial charge in [-0.05, 0) is 187 Å². The lowest BCUT2D eigenvalue weighted by atomic mass is 9.92. The van der Waals surface area contributed by atoms with Gasteiger partial charge in [-0.15, -0.1) is 58.0 Å². The number of nitrogens with two attached hydrogens (primary N) is 3. The van der Waals surface area contributed by atoms with Gasteiger partial charge in [-0.2, -0.15) is 0 Å². The van der Waals surface area contributed by atoms with Crippen LogP contribution in [0.3, 0.4) is 0 Å². The molecule has 0 aliphatic rings. The number of rotatable bonds is 38. The fourth-order valence-corrected chi connectivity index (χ4v) is 10.8. The Hall–Kier alpha value is -5.22. The highest BCUT2D eigenvalue weighted by Crippen LogP contribution is 2.30. The van der Waals surface area contributed by atoms with Crippen molar-refractivity contribution < 1.29 is 76.6 Å². The summed E-state index contributed by atoms with van der Waals surface area (Å²) in [6.07, 6.45) is 4.02. The number of anilines is 4. The number of ether oxygens (including phenoxy) is 7. The second kappa shape index (κ2) is 56.2. The van der Waals surface area contributed by atoms with Crippen LogP contribution in [0.5, 0.6) is 23.0 Å². The van der Waals surface area contributed by atoms with Gasteiger partial charge in [0.1, 0.15) is 52.1 Å². The quantitative estimate of drug-likeness (QED) is 0.00417. The molecule has 0 aromatic heterocycles. The molecule has 0 unspecified atom stereocenters.